The fourth-order valence-corrected chi connectivity index (χ4v) is 2.57. The van der Waals surface area contributed by atoms with Crippen molar-refractivity contribution in [3.8, 4) is 0 Å². The Balaban J connectivity index is 2.85. The number of sulfone groups is 1. The van der Waals surface area contributed by atoms with E-state index in [9.17, 15) is 8.42 Å². The normalized spacial score (nSPS) is 26.8. The van der Waals surface area contributed by atoms with Gasteiger partial charge in [0, 0.05) is 12.7 Å². The molecule has 0 saturated heterocycles. The van der Waals surface area contributed by atoms with Crippen molar-refractivity contribution < 1.29 is 13.0 Å². The topological polar surface area (TPSA) is 37.1 Å². The Morgan fingerprint density at radius 2 is 2.00 bits per heavy atom. The highest BCUT2D eigenvalue weighted by Gasteiger charge is 2.21. The van der Waals surface area contributed by atoms with E-state index < -0.39 is 9.84 Å². The first-order valence-electron chi connectivity index (χ1n) is 5.39. The van der Waals surface area contributed by atoms with Crippen molar-refractivity contribution in [1.29, 1.82) is 0 Å². The van der Waals surface area contributed by atoms with Crippen LogP contribution < -0.4 is 0 Å². The first-order valence-corrected chi connectivity index (χ1v) is 7.34. The maximum Gasteiger partial charge on any atom is 0.160 e. The van der Waals surface area contributed by atoms with Gasteiger partial charge in [0.2, 0.25) is 0 Å². The minimum Gasteiger partial charge on any atom is -0.241 e. The van der Waals surface area contributed by atoms with Gasteiger partial charge < -0.3 is 0 Å². The van der Waals surface area contributed by atoms with Gasteiger partial charge in [-0.3, -0.25) is 0 Å². The Morgan fingerprint density at radius 3 is 2.67 bits per heavy atom. The van der Waals surface area contributed by atoms with Crippen molar-refractivity contribution in [3.63, 3.8) is 0 Å². The first kappa shape index (κ1) is 12.4. The summed E-state index contributed by atoms with van der Waals surface area (Å²) in [5, 5.41) is -0.364. The van der Waals surface area contributed by atoms with E-state index in [0.29, 0.717) is 6.42 Å². The van der Waals surface area contributed by atoms with E-state index in [1.54, 1.807) is 0 Å². The molecule has 1 unspecified atom stereocenters. The molecule has 4 heteroatoms. The Labute approximate surface area is 92.4 Å². The van der Waals surface area contributed by atoms with E-state index in [1.165, 1.54) is 12.7 Å². The zero-order valence-electron chi connectivity index (χ0n) is 9.52. The van der Waals surface area contributed by atoms with Crippen LogP contribution in [0.4, 0.5) is 0 Å². The summed E-state index contributed by atoms with van der Waals surface area (Å²) in [5.74, 6) is 0. The van der Waals surface area contributed by atoms with Gasteiger partial charge in [-0.25, -0.2) is 13.0 Å². The van der Waals surface area contributed by atoms with Crippen molar-refractivity contribution >= 4 is 16.1 Å². The standard InChI is InChI=1S/C11H20NO2S/c1-12-9-7-5-3-4-6-8-11(10-12)15(2,13)14/h4,6,10-11H,3,5,7-9H2,1-2H3/q+1/b6-4+,12-10?. The lowest BCUT2D eigenvalue weighted by Gasteiger charge is -2.08. The molecular formula is C11H20NO2S+. The molecule has 0 bridgehead atoms. The van der Waals surface area contributed by atoms with Gasteiger partial charge in [-0.05, 0) is 19.3 Å². The number of rotatable bonds is 1. The minimum absolute atomic E-state index is 0.364. The summed E-state index contributed by atoms with van der Waals surface area (Å²) in [6.45, 7) is 0.944. The fraction of sp³-hybridized carbons (Fsp3) is 0.727. The van der Waals surface area contributed by atoms with Crippen LogP contribution in [0.5, 0.6) is 0 Å². The summed E-state index contributed by atoms with van der Waals surface area (Å²) >= 11 is 0. The van der Waals surface area contributed by atoms with Crippen LogP contribution in [0.1, 0.15) is 25.7 Å². The van der Waals surface area contributed by atoms with E-state index in [2.05, 4.69) is 6.08 Å². The Kier molecular flexibility index (Phi) is 4.51. The van der Waals surface area contributed by atoms with Crippen molar-refractivity contribution in [2.75, 3.05) is 19.8 Å². The molecule has 0 aromatic rings. The molecule has 15 heavy (non-hydrogen) atoms. The third kappa shape index (κ3) is 4.60. The molecule has 1 heterocycles. The first-order chi connectivity index (χ1) is 7.00. The molecule has 1 aliphatic rings. The second-order valence-corrected chi connectivity index (χ2v) is 6.47. The Morgan fingerprint density at radius 1 is 1.27 bits per heavy atom. The summed E-state index contributed by atoms with van der Waals surface area (Å²) in [5.41, 5.74) is 0. The lowest BCUT2D eigenvalue weighted by molar-refractivity contribution is -0.494. The molecule has 0 aliphatic carbocycles. The average Bonchev–Trinajstić information content (AvgIpc) is 2.13. The number of allylic oxidation sites excluding steroid dienone is 2. The van der Waals surface area contributed by atoms with Crippen LogP contribution in [0.3, 0.4) is 0 Å². The molecule has 0 aromatic heterocycles. The molecule has 0 N–H and O–H groups in total. The molecule has 1 aliphatic heterocycles. The van der Waals surface area contributed by atoms with Crippen LogP contribution in [0.2, 0.25) is 0 Å². The van der Waals surface area contributed by atoms with E-state index >= 15 is 0 Å². The summed E-state index contributed by atoms with van der Waals surface area (Å²) < 4.78 is 25.0. The summed E-state index contributed by atoms with van der Waals surface area (Å²) in [4.78, 5) is 0. The Bertz CT molecular complexity index is 355. The molecule has 0 saturated carbocycles. The highest BCUT2D eigenvalue weighted by atomic mass is 32.2. The molecule has 0 amide bonds. The maximum absolute atomic E-state index is 11.5. The van der Waals surface area contributed by atoms with Crippen LogP contribution in [-0.4, -0.2) is 44.3 Å². The van der Waals surface area contributed by atoms with Gasteiger partial charge in [-0.1, -0.05) is 12.2 Å². The van der Waals surface area contributed by atoms with Gasteiger partial charge in [0.05, 0.1) is 0 Å². The fourth-order valence-electron chi connectivity index (χ4n) is 1.68. The number of nitrogens with zero attached hydrogens (tertiary/aromatic N) is 1. The molecule has 1 rings (SSSR count). The van der Waals surface area contributed by atoms with Crippen LogP contribution in [0.25, 0.3) is 0 Å². The van der Waals surface area contributed by atoms with E-state index in [1.807, 2.05) is 23.9 Å². The van der Waals surface area contributed by atoms with Crippen LogP contribution in [0, 0.1) is 0 Å². The molecule has 3 nitrogen and oxygen atoms in total. The zero-order valence-corrected chi connectivity index (χ0v) is 10.3. The van der Waals surface area contributed by atoms with E-state index in [0.717, 1.165) is 19.4 Å². The minimum atomic E-state index is -2.97. The van der Waals surface area contributed by atoms with Gasteiger partial charge in [-0.2, -0.15) is 0 Å². The molecule has 0 aromatic carbocycles. The third-order valence-corrected chi connectivity index (χ3v) is 4.05. The van der Waals surface area contributed by atoms with Crippen molar-refractivity contribution in [3.05, 3.63) is 12.2 Å². The monoisotopic (exact) mass is 230 g/mol. The highest BCUT2D eigenvalue weighted by molar-refractivity contribution is 7.92. The molecule has 1 atom stereocenters. The lowest BCUT2D eigenvalue weighted by atomic mass is 10.2. The largest absolute Gasteiger partial charge is 0.241 e. The maximum atomic E-state index is 11.5. The highest BCUT2D eigenvalue weighted by Crippen LogP contribution is 2.07. The summed E-state index contributed by atoms with van der Waals surface area (Å²) in [6.07, 6.45) is 11.2. The Hall–Kier alpha value is -0.640. The summed E-state index contributed by atoms with van der Waals surface area (Å²) in [6, 6.07) is 0. The molecular weight excluding hydrogens is 210 g/mol. The molecule has 0 radical (unpaired) electrons. The van der Waals surface area contributed by atoms with Gasteiger partial charge >= 0.3 is 0 Å². The van der Waals surface area contributed by atoms with E-state index in [-0.39, 0.29) is 5.25 Å². The summed E-state index contributed by atoms with van der Waals surface area (Å²) in [7, 11) is -1.03. The van der Waals surface area contributed by atoms with Crippen molar-refractivity contribution in [2.45, 2.75) is 30.9 Å². The van der Waals surface area contributed by atoms with Gasteiger partial charge in [0.1, 0.15) is 18.8 Å². The van der Waals surface area contributed by atoms with Crippen molar-refractivity contribution in [1.82, 2.24) is 0 Å². The van der Waals surface area contributed by atoms with E-state index in [4.69, 9.17) is 0 Å². The molecule has 0 fully saturated rings. The number of hydrogen-bond acceptors (Lipinski definition) is 2. The zero-order chi connectivity index (χ0) is 11.3. The van der Waals surface area contributed by atoms with Crippen LogP contribution in [-0.2, 0) is 9.84 Å². The van der Waals surface area contributed by atoms with Gasteiger partial charge in [-0.15, -0.1) is 0 Å². The predicted octanol–water partition coefficient (Wildman–Crippen LogP) is 1.24. The van der Waals surface area contributed by atoms with Gasteiger partial charge in [0.25, 0.3) is 0 Å². The second kappa shape index (κ2) is 5.45. The third-order valence-electron chi connectivity index (χ3n) is 2.64. The van der Waals surface area contributed by atoms with Crippen LogP contribution in [0.15, 0.2) is 12.2 Å². The number of hydrogen-bond donors (Lipinski definition) is 0. The van der Waals surface area contributed by atoms with Crippen molar-refractivity contribution in [2.24, 2.45) is 0 Å². The molecule has 0 spiro atoms. The smallest absolute Gasteiger partial charge is 0.160 e. The lowest BCUT2D eigenvalue weighted by Crippen LogP contribution is -2.26. The quantitative estimate of drug-likeness (QED) is 0.502. The molecule has 86 valence electrons. The predicted molar refractivity (Wildman–Crippen MR) is 63.4 cm³/mol. The SMILES string of the molecule is C[N+]1=CC(S(C)(=O)=O)C/C=C/CCCC1. The van der Waals surface area contributed by atoms with Gasteiger partial charge in [0.15, 0.2) is 16.1 Å². The second-order valence-electron chi connectivity index (χ2n) is 4.20. The average molecular weight is 230 g/mol. The van der Waals surface area contributed by atoms with Crippen LogP contribution >= 0.6 is 0 Å².